The van der Waals surface area contributed by atoms with Crippen molar-refractivity contribution in [2.45, 2.75) is 38.6 Å². The number of carbonyl (C=O) groups is 2. The van der Waals surface area contributed by atoms with Crippen LogP contribution in [0.1, 0.15) is 31.7 Å². The first-order valence-electron chi connectivity index (χ1n) is 9.57. The fraction of sp³-hybridized carbons (Fsp3) is 0.600. The zero-order valence-electron chi connectivity index (χ0n) is 15.7. The van der Waals surface area contributed by atoms with Gasteiger partial charge in [0.05, 0.1) is 18.9 Å². The minimum Gasteiger partial charge on any atom is -0.494 e. The normalized spacial score (nSPS) is 19.7. The van der Waals surface area contributed by atoms with E-state index in [1.807, 2.05) is 25.1 Å². The van der Waals surface area contributed by atoms with E-state index in [9.17, 15) is 9.59 Å². The van der Waals surface area contributed by atoms with Gasteiger partial charge in [-0.3, -0.25) is 9.59 Å². The summed E-state index contributed by atoms with van der Waals surface area (Å²) in [5.41, 5.74) is 0.954. The van der Waals surface area contributed by atoms with Gasteiger partial charge >= 0.3 is 5.97 Å². The second kappa shape index (κ2) is 9.08. The quantitative estimate of drug-likeness (QED) is 0.783. The number of hydrogen-bond donors (Lipinski definition) is 1. The highest BCUT2D eigenvalue weighted by Crippen LogP contribution is 2.32. The molecule has 148 valence electrons. The molecule has 0 aromatic heterocycles. The van der Waals surface area contributed by atoms with E-state index in [1.54, 1.807) is 4.90 Å². The van der Waals surface area contributed by atoms with Crippen LogP contribution in [0.25, 0.3) is 0 Å². The maximum absolute atomic E-state index is 13.2. The Morgan fingerprint density at radius 1 is 1.30 bits per heavy atom. The molecule has 1 saturated heterocycles. The van der Waals surface area contributed by atoms with Crippen LogP contribution < -0.4 is 9.47 Å². The largest absolute Gasteiger partial charge is 0.494 e. The molecular weight excluding hydrogens is 350 g/mol. The zero-order chi connectivity index (χ0) is 19.2. The molecule has 0 bridgehead atoms. The fourth-order valence-electron chi connectivity index (χ4n) is 3.71. The summed E-state index contributed by atoms with van der Waals surface area (Å²) in [5.74, 6) is 0.304. The number of benzene rings is 1. The number of nitrogens with zero attached hydrogens (tertiary/aromatic N) is 1. The first-order chi connectivity index (χ1) is 13.1. The van der Waals surface area contributed by atoms with Crippen LogP contribution in [0.5, 0.6) is 11.5 Å². The molecule has 3 rings (SSSR count). The standard InChI is InChI=1S/C20H27NO6/c1-2-26-17-3-4-18-14(12-17)11-15(13-27-18)20(24)21(8-5-19(22)23)16-6-9-25-10-7-16/h3-4,12,15-16H,2,5-11,13H2,1H3,(H,22,23)/t15-/m1/s1. The summed E-state index contributed by atoms with van der Waals surface area (Å²) < 4.78 is 16.7. The molecule has 1 aromatic carbocycles. The Morgan fingerprint density at radius 3 is 2.78 bits per heavy atom. The molecule has 27 heavy (non-hydrogen) atoms. The molecule has 0 spiro atoms. The summed E-state index contributed by atoms with van der Waals surface area (Å²) in [7, 11) is 0. The van der Waals surface area contributed by atoms with Gasteiger partial charge in [0.2, 0.25) is 5.91 Å². The van der Waals surface area contributed by atoms with Crippen LogP contribution in [0.3, 0.4) is 0 Å². The van der Waals surface area contributed by atoms with Crippen molar-refractivity contribution in [2.75, 3.05) is 33.0 Å². The monoisotopic (exact) mass is 377 g/mol. The van der Waals surface area contributed by atoms with Gasteiger partial charge in [0.15, 0.2) is 0 Å². The van der Waals surface area contributed by atoms with Crippen LogP contribution in [0.2, 0.25) is 0 Å². The number of hydrogen-bond acceptors (Lipinski definition) is 5. The molecule has 0 unspecified atom stereocenters. The minimum absolute atomic E-state index is 0.0294. The van der Waals surface area contributed by atoms with Gasteiger partial charge in [0.25, 0.3) is 0 Å². The van der Waals surface area contributed by atoms with Gasteiger partial charge in [-0.25, -0.2) is 0 Å². The van der Waals surface area contributed by atoms with Crippen LogP contribution >= 0.6 is 0 Å². The van der Waals surface area contributed by atoms with Gasteiger partial charge < -0.3 is 24.2 Å². The van der Waals surface area contributed by atoms with Crippen molar-refractivity contribution in [1.82, 2.24) is 4.90 Å². The number of amides is 1. The highest BCUT2D eigenvalue weighted by Gasteiger charge is 2.34. The number of carboxylic acids is 1. The van der Waals surface area contributed by atoms with Gasteiger partial charge in [-0.15, -0.1) is 0 Å². The molecule has 1 amide bonds. The Morgan fingerprint density at radius 2 is 2.07 bits per heavy atom. The molecule has 2 aliphatic heterocycles. The number of ether oxygens (including phenoxy) is 3. The van der Waals surface area contributed by atoms with E-state index < -0.39 is 5.97 Å². The van der Waals surface area contributed by atoms with Crippen molar-refractivity contribution in [3.05, 3.63) is 23.8 Å². The van der Waals surface area contributed by atoms with Crippen LogP contribution in [0, 0.1) is 5.92 Å². The topological polar surface area (TPSA) is 85.3 Å². The highest BCUT2D eigenvalue weighted by molar-refractivity contribution is 5.81. The van der Waals surface area contributed by atoms with E-state index >= 15 is 0 Å². The van der Waals surface area contributed by atoms with Gasteiger partial charge in [-0.05, 0) is 49.9 Å². The maximum Gasteiger partial charge on any atom is 0.305 e. The molecule has 1 atom stereocenters. The first-order valence-corrected chi connectivity index (χ1v) is 9.57. The van der Waals surface area contributed by atoms with Crippen LogP contribution in [0.4, 0.5) is 0 Å². The SMILES string of the molecule is CCOc1ccc2c(c1)C[C@@H](C(=O)N(CCC(=O)O)C1CCOCC1)CO2. The number of carbonyl (C=O) groups excluding carboxylic acids is 1. The third kappa shape index (κ3) is 4.91. The summed E-state index contributed by atoms with van der Waals surface area (Å²) in [6.07, 6.45) is 2.00. The average Bonchev–Trinajstić information content (AvgIpc) is 2.68. The Balaban J connectivity index is 1.73. The van der Waals surface area contributed by atoms with Gasteiger partial charge in [0, 0.05) is 25.8 Å². The lowest BCUT2D eigenvalue weighted by atomic mass is 9.94. The summed E-state index contributed by atoms with van der Waals surface area (Å²) in [6.45, 7) is 4.24. The Kier molecular flexibility index (Phi) is 6.55. The smallest absolute Gasteiger partial charge is 0.305 e. The lowest BCUT2D eigenvalue weighted by Crippen LogP contribution is -2.49. The first kappa shape index (κ1) is 19.5. The van der Waals surface area contributed by atoms with Gasteiger partial charge in [-0.2, -0.15) is 0 Å². The Hall–Kier alpha value is -2.28. The van der Waals surface area contributed by atoms with E-state index in [0.717, 1.165) is 29.9 Å². The van der Waals surface area contributed by atoms with E-state index in [4.69, 9.17) is 19.3 Å². The van der Waals surface area contributed by atoms with Crippen LogP contribution in [-0.4, -0.2) is 60.9 Å². The van der Waals surface area contributed by atoms with Crippen molar-refractivity contribution in [1.29, 1.82) is 0 Å². The predicted octanol–water partition coefficient (Wildman–Crippen LogP) is 2.12. The molecule has 0 aliphatic carbocycles. The van der Waals surface area contributed by atoms with Crippen molar-refractivity contribution >= 4 is 11.9 Å². The van der Waals surface area contributed by atoms with E-state index in [2.05, 4.69) is 0 Å². The van der Waals surface area contributed by atoms with Crippen molar-refractivity contribution in [3.8, 4) is 11.5 Å². The number of aliphatic carboxylic acids is 1. The van der Waals surface area contributed by atoms with Gasteiger partial charge in [0.1, 0.15) is 18.1 Å². The van der Waals surface area contributed by atoms with E-state index in [1.165, 1.54) is 0 Å². The van der Waals surface area contributed by atoms with Crippen LogP contribution in [-0.2, 0) is 20.7 Å². The molecule has 2 heterocycles. The molecule has 1 N–H and O–H groups in total. The van der Waals surface area contributed by atoms with E-state index in [0.29, 0.717) is 32.8 Å². The zero-order valence-corrected chi connectivity index (χ0v) is 15.7. The van der Waals surface area contributed by atoms with Crippen molar-refractivity contribution in [2.24, 2.45) is 5.92 Å². The van der Waals surface area contributed by atoms with Crippen LogP contribution in [0.15, 0.2) is 18.2 Å². The molecule has 1 aromatic rings. The lowest BCUT2D eigenvalue weighted by Gasteiger charge is -2.37. The predicted molar refractivity (Wildman–Crippen MR) is 98.1 cm³/mol. The number of rotatable bonds is 7. The Labute approximate surface area is 159 Å². The number of fused-ring (bicyclic) bond motifs is 1. The second-order valence-electron chi connectivity index (χ2n) is 6.93. The maximum atomic E-state index is 13.2. The van der Waals surface area contributed by atoms with Crippen molar-refractivity contribution < 1.29 is 28.9 Å². The van der Waals surface area contributed by atoms with E-state index in [-0.39, 0.29) is 30.8 Å². The minimum atomic E-state index is -0.897. The summed E-state index contributed by atoms with van der Waals surface area (Å²) in [5, 5.41) is 9.06. The van der Waals surface area contributed by atoms with Gasteiger partial charge in [-0.1, -0.05) is 0 Å². The third-order valence-corrected chi connectivity index (χ3v) is 5.08. The second-order valence-corrected chi connectivity index (χ2v) is 6.93. The fourth-order valence-corrected chi connectivity index (χ4v) is 3.71. The summed E-state index contributed by atoms with van der Waals surface area (Å²) in [4.78, 5) is 26.0. The lowest BCUT2D eigenvalue weighted by molar-refractivity contribution is -0.143. The average molecular weight is 377 g/mol. The number of carboxylic acid groups (broad SMARTS) is 1. The molecule has 0 saturated carbocycles. The molecule has 2 aliphatic rings. The molecule has 1 fully saturated rings. The summed E-state index contributed by atoms with van der Waals surface area (Å²) in [6, 6.07) is 5.70. The van der Waals surface area contributed by atoms with Crippen molar-refractivity contribution in [3.63, 3.8) is 0 Å². The third-order valence-electron chi connectivity index (χ3n) is 5.08. The molecule has 7 heteroatoms. The Bertz CT molecular complexity index is 670. The summed E-state index contributed by atoms with van der Waals surface area (Å²) >= 11 is 0. The molecule has 7 nitrogen and oxygen atoms in total. The molecule has 0 radical (unpaired) electrons. The molecular formula is C20H27NO6. The highest BCUT2D eigenvalue weighted by atomic mass is 16.5.